The van der Waals surface area contributed by atoms with E-state index in [-0.39, 0.29) is 11.1 Å². The third-order valence-electron chi connectivity index (χ3n) is 2.92. The molecule has 0 saturated carbocycles. The van der Waals surface area contributed by atoms with E-state index in [4.69, 9.17) is 16.7 Å². The van der Waals surface area contributed by atoms with E-state index in [0.29, 0.717) is 18.5 Å². The van der Waals surface area contributed by atoms with E-state index in [1.807, 2.05) is 0 Å². The molecule has 0 spiro atoms. The number of halogens is 3. The van der Waals surface area contributed by atoms with Crippen molar-refractivity contribution in [3.05, 3.63) is 34.4 Å². The first kappa shape index (κ1) is 12.3. The van der Waals surface area contributed by atoms with Crippen LogP contribution in [-0.4, -0.2) is 17.6 Å². The van der Waals surface area contributed by atoms with E-state index in [0.717, 1.165) is 6.07 Å². The van der Waals surface area contributed by atoms with Crippen LogP contribution in [-0.2, 0) is 4.79 Å². The second kappa shape index (κ2) is 4.58. The number of nitrogens with one attached hydrogen (secondary N) is 1. The molecule has 0 aliphatic carbocycles. The van der Waals surface area contributed by atoms with Gasteiger partial charge in [-0.05, 0) is 18.1 Å². The van der Waals surface area contributed by atoms with E-state index in [1.54, 1.807) is 0 Å². The fourth-order valence-corrected chi connectivity index (χ4v) is 2.26. The molecule has 0 bridgehead atoms. The van der Waals surface area contributed by atoms with Gasteiger partial charge in [0.15, 0.2) is 11.6 Å². The molecule has 2 unspecified atom stereocenters. The summed E-state index contributed by atoms with van der Waals surface area (Å²) in [5.74, 6) is -3.53. The van der Waals surface area contributed by atoms with Gasteiger partial charge in [-0.3, -0.25) is 4.79 Å². The molecule has 1 fully saturated rings. The van der Waals surface area contributed by atoms with Crippen LogP contribution in [0.4, 0.5) is 8.78 Å². The van der Waals surface area contributed by atoms with Crippen LogP contribution in [0.5, 0.6) is 0 Å². The molecule has 92 valence electrons. The molecule has 2 N–H and O–H groups in total. The fraction of sp³-hybridized carbons (Fsp3) is 0.364. The Labute approximate surface area is 101 Å². The second-order valence-corrected chi connectivity index (χ2v) is 4.37. The molecule has 1 saturated heterocycles. The van der Waals surface area contributed by atoms with Gasteiger partial charge in [0, 0.05) is 12.6 Å². The van der Waals surface area contributed by atoms with Crippen LogP contribution in [0, 0.1) is 17.6 Å². The average molecular weight is 262 g/mol. The Bertz CT molecular complexity index is 467. The van der Waals surface area contributed by atoms with E-state index in [1.165, 1.54) is 6.07 Å². The van der Waals surface area contributed by atoms with Crippen LogP contribution in [0.3, 0.4) is 0 Å². The van der Waals surface area contributed by atoms with Gasteiger partial charge in [-0.2, -0.15) is 0 Å². The molecule has 6 heteroatoms. The molecule has 0 radical (unpaired) electrons. The van der Waals surface area contributed by atoms with Crippen LogP contribution in [0.15, 0.2) is 12.1 Å². The lowest BCUT2D eigenvalue weighted by molar-refractivity contribution is -0.141. The minimum Gasteiger partial charge on any atom is -0.481 e. The Morgan fingerprint density at radius 3 is 2.76 bits per heavy atom. The quantitative estimate of drug-likeness (QED) is 0.804. The minimum atomic E-state index is -1.09. The van der Waals surface area contributed by atoms with Crippen molar-refractivity contribution in [2.45, 2.75) is 12.5 Å². The molecule has 1 heterocycles. The first-order valence-electron chi connectivity index (χ1n) is 5.10. The molecule has 1 aliphatic heterocycles. The van der Waals surface area contributed by atoms with Crippen LogP contribution in [0.1, 0.15) is 18.0 Å². The van der Waals surface area contributed by atoms with Gasteiger partial charge < -0.3 is 10.4 Å². The zero-order valence-electron chi connectivity index (χ0n) is 8.71. The SMILES string of the molecule is O=C(O)C1CNC(c2ccc(F)c(F)c2Cl)C1. The maximum Gasteiger partial charge on any atom is 0.307 e. The number of rotatable bonds is 2. The predicted octanol–water partition coefficient (Wildman–Crippen LogP) is 2.35. The summed E-state index contributed by atoms with van der Waals surface area (Å²) in [6.07, 6.45) is 0.320. The summed E-state index contributed by atoms with van der Waals surface area (Å²) in [7, 11) is 0. The summed E-state index contributed by atoms with van der Waals surface area (Å²) in [6, 6.07) is 2.02. The highest BCUT2D eigenvalue weighted by atomic mass is 35.5. The van der Waals surface area contributed by atoms with Gasteiger partial charge in [-0.15, -0.1) is 0 Å². The topological polar surface area (TPSA) is 49.3 Å². The lowest BCUT2D eigenvalue weighted by atomic mass is 10.00. The summed E-state index contributed by atoms with van der Waals surface area (Å²) in [5, 5.41) is 11.5. The van der Waals surface area contributed by atoms with Crippen LogP contribution >= 0.6 is 11.6 Å². The first-order valence-corrected chi connectivity index (χ1v) is 5.48. The van der Waals surface area contributed by atoms with Crippen molar-refractivity contribution >= 4 is 17.6 Å². The van der Waals surface area contributed by atoms with Gasteiger partial charge in [0.1, 0.15) is 0 Å². The first-order chi connectivity index (χ1) is 8.00. The summed E-state index contributed by atoms with van der Waals surface area (Å²) in [4.78, 5) is 10.8. The number of carboxylic acid groups (broad SMARTS) is 1. The smallest absolute Gasteiger partial charge is 0.307 e. The fourth-order valence-electron chi connectivity index (χ4n) is 1.97. The third-order valence-corrected chi connectivity index (χ3v) is 3.30. The van der Waals surface area contributed by atoms with Gasteiger partial charge >= 0.3 is 5.97 Å². The zero-order valence-corrected chi connectivity index (χ0v) is 9.47. The highest BCUT2D eigenvalue weighted by Crippen LogP contribution is 2.33. The molecule has 3 nitrogen and oxygen atoms in total. The van der Waals surface area contributed by atoms with Crippen molar-refractivity contribution in [2.24, 2.45) is 5.92 Å². The Morgan fingerprint density at radius 1 is 1.47 bits per heavy atom. The Hall–Kier alpha value is -1.20. The zero-order chi connectivity index (χ0) is 12.6. The van der Waals surface area contributed by atoms with Crippen molar-refractivity contribution in [1.29, 1.82) is 0 Å². The minimum absolute atomic E-state index is 0.284. The molecule has 1 aromatic rings. The monoisotopic (exact) mass is 261 g/mol. The van der Waals surface area contributed by atoms with Gasteiger partial charge in [-0.1, -0.05) is 17.7 Å². The van der Waals surface area contributed by atoms with E-state index in [2.05, 4.69) is 5.32 Å². The lowest BCUT2D eigenvalue weighted by Gasteiger charge is -2.13. The standard InChI is InChI=1S/C11H10ClF2NO2/c12-9-6(1-2-7(13)10(9)14)8-3-5(4-15-8)11(16)17/h1-2,5,8,15H,3-4H2,(H,16,17). The van der Waals surface area contributed by atoms with Crippen LogP contribution < -0.4 is 5.32 Å². The Kier molecular flexibility index (Phi) is 3.31. The van der Waals surface area contributed by atoms with Crippen molar-refractivity contribution < 1.29 is 18.7 Å². The van der Waals surface area contributed by atoms with Gasteiger partial charge in [0.2, 0.25) is 0 Å². The van der Waals surface area contributed by atoms with Crippen molar-refractivity contribution in [1.82, 2.24) is 5.32 Å². The maximum atomic E-state index is 13.2. The number of carboxylic acids is 1. The summed E-state index contributed by atoms with van der Waals surface area (Å²) in [6.45, 7) is 0.301. The third kappa shape index (κ3) is 2.25. The number of benzene rings is 1. The average Bonchev–Trinajstić information content (AvgIpc) is 2.75. The summed E-state index contributed by atoms with van der Waals surface area (Å²) in [5.41, 5.74) is 0.398. The molecule has 2 rings (SSSR count). The molecule has 1 aromatic carbocycles. The van der Waals surface area contributed by atoms with Gasteiger partial charge in [0.25, 0.3) is 0 Å². The van der Waals surface area contributed by atoms with E-state index < -0.39 is 23.5 Å². The number of carbonyl (C=O) groups is 1. The number of hydrogen-bond donors (Lipinski definition) is 2. The van der Waals surface area contributed by atoms with E-state index >= 15 is 0 Å². The van der Waals surface area contributed by atoms with Gasteiger partial charge in [-0.25, -0.2) is 8.78 Å². The van der Waals surface area contributed by atoms with Crippen LogP contribution in [0.25, 0.3) is 0 Å². The van der Waals surface area contributed by atoms with Crippen molar-refractivity contribution in [3.63, 3.8) is 0 Å². The maximum absolute atomic E-state index is 13.2. The molecule has 0 aromatic heterocycles. The number of aliphatic carboxylic acids is 1. The van der Waals surface area contributed by atoms with E-state index in [9.17, 15) is 13.6 Å². The normalized spacial score (nSPS) is 23.9. The van der Waals surface area contributed by atoms with Crippen molar-refractivity contribution in [3.8, 4) is 0 Å². The molecular weight excluding hydrogens is 252 g/mol. The lowest BCUT2D eigenvalue weighted by Crippen LogP contribution is -2.17. The largest absolute Gasteiger partial charge is 0.481 e. The molecule has 1 aliphatic rings. The Balaban J connectivity index is 2.25. The molecule has 0 amide bonds. The Morgan fingerprint density at radius 2 is 2.18 bits per heavy atom. The highest BCUT2D eigenvalue weighted by Gasteiger charge is 2.32. The van der Waals surface area contributed by atoms with Crippen LogP contribution in [0.2, 0.25) is 5.02 Å². The molecular formula is C11H10ClF2NO2. The molecule has 2 atom stereocenters. The summed E-state index contributed by atoms with van der Waals surface area (Å²) < 4.78 is 26.1. The summed E-state index contributed by atoms with van der Waals surface area (Å²) >= 11 is 5.70. The second-order valence-electron chi connectivity index (χ2n) is 4.00. The van der Waals surface area contributed by atoms with Crippen molar-refractivity contribution in [2.75, 3.05) is 6.54 Å². The highest BCUT2D eigenvalue weighted by molar-refractivity contribution is 6.31. The number of hydrogen-bond acceptors (Lipinski definition) is 2. The van der Waals surface area contributed by atoms with Gasteiger partial charge in [0.05, 0.1) is 10.9 Å². The molecule has 17 heavy (non-hydrogen) atoms. The predicted molar refractivity (Wildman–Crippen MR) is 57.9 cm³/mol.